The number of carboxylic acids is 1. The molecule has 0 bridgehead atoms. The smallest absolute Gasteiger partial charge is 0.303 e. The minimum Gasteiger partial charge on any atom is -0.481 e. The van der Waals surface area contributed by atoms with Crippen LogP contribution in [-0.2, 0) is 19.6 Å². The lowest BCUT2D eigenvalue weighted by Crippen LogP contribution is -2.27. The van der Waals surface area contributed by atoms with Gasteiger partial charge in [0.2, 0.25) is 15.9 Å². The highest BCUT2D eigenvalue weighted by Crippen LogP contribution is 2.23. The van der Waals surface area contributed by atoms with Gasteiger partial charge in [0.15, 0.2) is 0 Å². The lowest BCUT2D eigenvalue weighted by Gasteiger charge is -2.18. The maximum Gasteiger partial charge on any atom is 0.303 e. The standard InChI is InChI=1S/C15H22N2O5S/c1-11(16-14(18)9-5-6-10-15(19)20)12-7-3-4-8-13(12)17-23(2,21)22/h3-4,7-8,11,17H,5-6,9-10H2,1-2H3,(H,16,18)(H,19,20). The van der Waals surface area contributed by atoms with Crippen molar-refractivity contribution < 1.29 is 23.1 Å². The number of anilines is 1. The second-order valence-electron chi connectivity index (χ2n) is 5.35. The maximum atomic E-state index is 11.9. The fraction of sp³-hybridized carbons (Fsp3) is 0.467. The lowest BCUT2D eigenvalue weighted by atomic mass is 10.1. The molecule has 0 heterocycles. The monoisotopic (exact) mass is 342 g/mol. The van der Waals surface area contributed by atoms with Gasteiger partial charge in [0.25, 0.3) is 0 Å². The van der Waals surface area contributed by atoms with E-state index in [1.54, 1.807) is 31.2 Å². The zero-order valence-electron chi connectivity index (χ0n) is 13.2. The molecule has 8 heteroatoms. The van der Waals surface area contributed by atoms with Gasteiger partial charge < -0.3 is 10.4 Å². The summed E-state index contributed by atoms with van der Waals surface area (Å²) in [6.45, 7) is 1.76. The van der Waals surface area contributed by atoms with Crippen LogP contribution in [0.3, 0.4) is 0 Å². The summed E-state index contributed by atoms with van der Waals surface area (Å²) in [5, 5.41) is 11.3. The molecule has 0 radical (unpaired) electrons. The molecule has 0 saturated heterocycles. The highest BCUT2D eigenvalue weighted by molar-refractivity contribution is 7.92. The minimum atomic E-state index is -3.41. The van der Waals surface area contributed by atoms with E-state index in [9.17, 15) is 18.0 Å². The number of hydrogen-bond donors (Lipinski definition) is 3. The Morgan fingerprint density at radius 3 is 2.39 bits per heavy atom. The molecule has 1 amide bonds. The zero-order chi connectivity index (χ0) is 17.5. The summed E-state index contributed by atoms with van der Waals surface area (Å²) < 4.78 is 25.2. The van der Waals surface area contributed by atoms with Crippen molar-refractivity contribution in [2.45, 2.75) is 38.6 Å². The van der Waals surface area contributed by atoms with Gasteiger partial charge in [-0.15, -0.1) is 0 Å². The molecule has 128 valence electrons. The van der Waals surface area contributed by atoms with Gasteiger partial charge in [0.1, 0.15) is 0 Å². The number of sulfonamides is 1. The average Bonchev–Trinajstić information content (AvgIpc) is 2.42. The molecule has 0 fully saturated rings. The molecule has 1 aromatic carbocycles. The van der Waals surface area contributed by atoms with Crippen LogP contribution >= 0.6 is 0 Å². The molecule has 1 unspecified atom stereocenters. The van der Waals surface area contributed by atoms with Gasteiger partial charge in [-0.1, -0.05) is 18.2 Å². The third kappa shape index (κ3) is 7.64. The zero-order valence-corrected chi connectivity index (χ0v) is 14.0. The number of aliphatic carboxylic acids is 1. The second-order valence-corrected chi connectivity index (χ2v) is 7.10. The number of nitrogens with one attached hydrogen (secondary N) is 2. The highest BCUT2D eigenvalue weighted by Gasteiger charge is 2.15. The number of amides is 1. The van der Waals surface area contributed by atoms with Gasteiger partial charge in [-0.3, -0.25) is 14.3 Å². The number of hydrogen-bond acceptors (Lipinski definition) is 4. The molecule has 23 heavy (non-hydrogen) atoms. The summed E-state index contributed by atoms with van der Waals surface area (Å²) in [6, 6.07) is 6.47. The lowest BCUT2D eigenvalue weighted by molar-refractivity contribution is -0.137. The first-order chi connectivity index (χ1) is 10.7. The van der Waals surface area contributed by atoms with Crippen LogP contribution in [0.25, 0.3) is 0 Å². The Hall–Kier alpha value is -2.09. The number of unbranched alkanes of at least 4 members (excludes halogenated alkanes) is 1. The summed E-state index contributed by atoms with van der Waals surface area (Å²) in [6.07, 6.45) is 2.29. The molecule has 1 atom stereocenters. The van der Waals surface area contributed by atoms with Crippen LogP contribution in [0.5, 0.6) is 0 Å². The molecule has 7 nitrogen and oxygen atoms in total. The van der Waals surface area contributed by atoms with Crippen LogP contribution in [0.2, 0.25) is 0 Å². The minimum absolute atomic E-state index is 0.0456. The van der Waals surface area contributed by atoms with Crippen LogP contribution in [0.4, 0.5) is 5.69 Å². The van der Waals surface area contributed by atoms with Gasteiger partial charge >= 0.3 is 5.97 Å². The fourth-order valence-electron chi connectivity index (χ4n) is 2.12. The van der Waals surface area contributed by atoms with Gasteiger partial charge in [0.05, 0.1) is 18.0 Å². The van der Waals surface area contributed by atoms with Crippen molar-refractivity contribution in [3.63, 3.8) is 0 Å². The SMILES string of the molecule is CC(NC(=O)CCCCC(=O)O)c1ccccc1NS(C)(=O)=O. The van der Waals surface area contributed by atoms with E-state index >= 15 is 0 Å². The van der Waals surface area contributed by atoms with Crippen molar-refractivity contribution in [3.05, 3.63) is 29.8 Å². The first kappa shape index (κ1) is 19.0. The Bertz CT molecular complexity index is 658. The van der Waals surface area contributed by atoms with Gasteiger partial charge in [0, 0.05) is 12.8 Å². The van der Waals surface area contributed by atoms with Crippen molar-refractivity contribution >= 4 is 27.6 Å². The molecule has 0 aliphatic heterocycles. The summed E-state index contributed by atoms with van der Waals surface area (Å²) >= 11 is 0. The largest absolute Gasteiger partial charge is 0.481 e. The van der Waals surface area contributed by atoms with E-state index in [4.69, 9.17) is 5.11 Å². The number of carbonyl (C=O) groups excluding carboxylic acids is 1. The second kappa shape index (κ2) is 8.52. The first-order valence-electron chi connectivity index (χ1n) is 7.27. The molecule has 0 spiro atoms. The summed E-state index contributed by atoms with van der Waals surface area (Å²) in [4.78, 5) is 22.3. The normalized spacial score (nSPS) is 12.4. The van der Waals surface area contributed by atoms with Crippen LogP contribution in [0.1, 0.15) is 44.2 Å². The van der Waals surface area contributed by atoms with Crippen molar-refractivity contribution in [3.8, 4) is 0 Å². The first-order valence-corrected chi connectivity index (χ1v) is 9.16. The Kier molecular flexibility index (Phi) is 7.02. The van der Waals surface area contributed by atoms with Crippen LogP contribution in [-0.4, -0.2) is 31.7 Å². The van der Waals surface area contributed by atoms with Crippen molar-refractivity contribution in [2.75, 3.05) is 11.0 Å². The summed E-state index contributed by atoms with van der Waals surface area (Å²) in [7, 11) is -3.41. The quantitative estimate of drug-likeness (QED) is 0.593. The molecule has 0 aliphatic rings. The summed E-state index contributed by atoms with van der Waals surface area (Å²) in [5.41, 5.74) is 1.09. The molecule has 0 aromatic heterocycles. The topological polar surface area (TPSA) is 113 Å². The third-order valence-electron chi connectivity index (χ3n) is 3.14. The van der Waals surface area contributed by atoms with Crippen molar-refractivity contribution in [1.29, 1.82) is 0 Å². The summed E-state index contributed by atoms with van der Waals surface area (Å²) in [5.74, 6) is -1.07. The van der Waals surface area contributed by atoms with Gasteiger partial charge in [-0.25, -0.2) is 8.42 Å². The molecule has 0 aliphatic carbocycles. The molecular weight excluding hydrogens is 320 g/mol. The van der Waals surface area contributed by atoms with Crippen molar-refractivity contribution in [1.82, 2.24) is 5.32 Å². The number of benzene rings is 1. The predicted molar refractivity (Wildman–Crippen MR) is 87.6 cm³/mol. The Labute approximate surface area is 136 Å². The van der Waals surface area contributed by atoms with Crippen molar-refractivity contribution in [2.24, 2.45) is 0 Å². The van der Waals surface area contributed by atoms with Gasteiger partial charge in [-0.05, 0) is 31.4 Å². The number of para-hydroxylation sites is 1. The van der Waals surface area contributed by atoms with Crippen LogP contribution < -0.4 is 10.0 Å². The Balaban J connectivity index is 2.62. The Morgan fingerprint density at radius 1 is 1.17 bits per heavy atom. The number of carbonyl (C=O) groups is 2. The average molecular weight is 342 g/mol. The maximum absolute atomic E-state index is 11.9. The van der Waals surface area contributed by atoms with Crippen LogP contribution in [0.15, 0.2) is 24.3 Å². The third-order valence-corrected chi connectivity index (χ3v) is 3.74. The van der Waals surface area contributed by atoms with Gasteiger partial charge in [-0.2, -0.15) is 0 Å². The molecule has 1 aromatic rings. The van der Waals surface area contributed by atoms with E-state index in [-0.39, 0.29) is 24.8 Å². The van der Waals surface area contributed by atoms with E-state index < -0.39 is 16.0 Å². The molecule has 1 rings (SSSR count). The van der Waals surface area contributed by atoms with Crippen LogP contribution in [0, 0.1) is 0 Å². The molecule has 3 N–H and O–H groups in total. The molecular formula is C15H22N2O5S. The van der Waals surface area contributed by atoms with E-state index in [0.29, 0.717) is 24.1 Å². The predicted octanol–water partition coefficient (Wildman–Crippen LogP) is 1.88. The van der Waals surface area contributed by atoms with E-state index in [2.05, 4.69) is 10.0 Å². The van der Waals surface area contributed by atoms with E-state index in [1.165, 1.54) is 0 Å². The number of rotatable bonds is 9. The molecule has 0 saturated carbocycles. The number of carboxylic acid groups (broad SMARTS) is 1. The fourth-order valence-corrected chi connectivity index (χ4v) is 2.71. The Morgan fingerprint density at radius 2 is 1.78 bits per heavy atom. The van der Waals surface area contributed by atoms with E-state index in [0.717, 1.165) is 6.26 Å². The van der Waals surface area contributed by atoms with E-state index in [1.807, 2.05) is 0 Å². The highest BCUT2D eigenvalue weighted by atomic mass is 32.2.